The first-order valence-electron chi connectivity index (χ1n) is 8.18. The van der Waals surface area contributed by atoms with Gasteiger partial charge in [0, 0.05) is 35.2 Å². The first kappa shape index (κ1) is 16.6. The molecule has 0 aliphatic carbocycles. The van der Waals surface area contributed by atoms with Crippen molar-refractivity contribution < 1.29 is 14.1 Å². The van der Waals surface area contributed by atoms with Crippen LogP contribution in [0.5, 0.6) is 5.75 Å². The zero-order valence-corrected chi connectivity index (χ0v) is 14.8. The maximum atomic E-state index is 12.4. The number of hydrogen-bond donors (Lipinski definition) is 0. The van der Waals surface area contributed by atoms with Crippen LogP contribution in [0, 0.1) is 0 Å². The van der Waals surface area contributed by atoms with E-state index in [1.54, 1.807) is 24.1 Å². The third-order valence-corrected chi connectivity index (χ3v) is 4.64. The number of amides is 1. The van der Waals surface area contributed by atoms with Gasteiger partial charge in [-0.3, -0.25) is 4.79 Å². The number of ether oxygens (including phenoxy) is 1. The van der Waals surface area contributed by atoms with Gasteiger partial charge in [-0.05, 0) is 42.5 Å². The van der Waals surface area contributed by atoms with E-state index in [2.05, 4.69) is 10.1 Å². The van der Waals surface area contributed by atoms with E-state index in [1.807, 2.05) is 36.4 Å². The zero-order chi connectivity index (χ0) is 18.1. The molecule has 2 aromatic carbocycles. The van der Waals surface area contributed by atoms with Crippen molar-refractivity contribution in [2.24, 2.45) is 0 Å². The summed E-state index contributed by atoms with van der Waals surface area (Å²) in [5.41, 5.74) is 1.60. The van der Waals surface area contributed by atoms with E-state index in [0.29, 0.717) is 35.5 Å². The van der Waals surface area contributed by atoms with Crippen LogP contribution in [0.4, 0.5) is 5.69 Å². The average molecular weight is 370 g/mol. The summed E-state index contributed by atoms with van der Waals surface area (Å²) in [5, 5.41) is 4.72. The SMILES string of the molecule is COc1cccc(-c2nc([C@@H]3CC(=O)N(c4ccc(Cl)cc4)C3)no2)c1. The van der Waals surface area contributed by atoms with Crippen molar-refractivity contribution in [2.45, 2.75) is 12.3 Å². The van der Waals surface area contributed by atoms with Gasteiger partial charge in [-0.15, -0.1) is 0 Å². The van der Waals surface area contributed by atoms with Crippen LogP contribution in [0.2, 0.25) is 5.02 Å². The lowest BCUT2D eigenvalue weighted by Crippen LogP contribution is -2.24. The van der Waals surface area contributed by atoms with Crippen LogP contribution in [0.15, 0.2) is 53.1 Å². The predicted molar refractivity (Wildman–Crippen MR) is 97.4 cm³/mol. The van der Waals surface area contributed by atoms with Crippen molar-refractivity contribution in [2.75, 3.05) is 18.6 Å². The number of benzene rings is 2. The second kappa shape index (κ2) is 6.80. The van der Waals surface area contributed by atoms with Gasteiger partial charge < -0.3 is 14.2 Å². The highest BCUT2D eigenvalue weighted by Crippen LogP contribution is 2.32. The van der Waals surface area contributed by atoms with Crippen LogP contribution in [-0.4, -0.2) is 29.7 Å². The monoisotopic (exact) mass is 369 g/mol. The number of halogens is 1. The summed E-state index contributed by atoms with van der Waals surface area (Å²) in [7, 11) is 1.61. The second-order valence-electron chi connectivity index (χ2n) is 6.07. The lowest BCUT2D eigenvalue weighted by molar-refractivity contribution is -0.117. The number of methoxy groups -OCH3 is 1. The van der Waals surface area contributed by atoms with E-state index in [9.17, 15) is 4.79 Å². The third-order valence-electron chi connectivity index (χ3n) is 4.39. The topological polar surface area (TPSA) is 68.5 Å². The Kier molecular flexibility index (Phi) is 4.34. The molecule has 3 aromatic rings. The molecule has 1 fully saturated rings. The first-order valence-corrected chi connectivity index (χ1v) is 8.56. The maximum absolute atomic E-state index is 12.4. The summed E-state index contributed by atoms with van der Waals surface area (Å²) in [4.78, 5) is 18.6. The van der Waals surface area contributed by atoms with Gasteiger partial charge >= 0.3 is 0 Å². The molecule has 1 aliphatic heterocycles. The van der Waals surface area contributed by atoms with E-state index in [-0.39, 0.29) is 11.8 Å². The Labute approximate surface area is 155 Å². The molecule has 132 valence electrons. The standard InChI is InChI=1S/C19H16ClN3O3/c1-25-16-4-2-3-12(9-16)19-21-18(22-26-19)13-10-17(24)23(11-13)15-7-5-14(20)6-8-15/h2-9,13H,10-11H2,1H3/t13-/m1/s1. The van der Waals surface area contributed by atoms with Gasteiger partial charge in [0.2, 0.25) is 5.91 Å². The van der Waals surface area contributed by atoms with Crippen LogP contribution in [0.1, 0.15) is 18.2 Å². The number of anilines is 1. The van der Waals surface area contributed by atoms with E-state index < -0.39 is 0 Å². The fraction of sp³-hybridized carbons (Fsp3) is 0.211. The minimum atomic E-state index is -0.110. The minimum Gasteiger partial charge on any atom is -0.497 e. The number of hydrogen-bond acceptors (Lipinski definition) is 5. The molecule has 0 bridgehead atoms. The summed E-state index contributed by atoms with van der Waals surface area (Å²) in [6.45, 7) is 0.511. The molecule has 0 saturated carbocycles. The molecule has 0 spiro atoms. The van der Waals surface area contributed by atoms with Crippen molar-refractivity contribution >= 4 is 23.2 Å². The average Bonchev–Trinajstić information content (AvgIpc) is 3.29. The van der Waals surface area contributed by atoms with Crippen LogP contribution in [-0.2, 0) is 4.79 Å². The van der Waals surface area contributed by atoms with Crippen LogP contribution >= 0.6 is 11.6 Å². The molecule has 1 aromatic heterocycles. The summed E-state index contributed by atoms with van der Waals surface area (Å²) >= 11 is 5.92. The van der Waals surface area contributed by atoms with E-state index in [1.165, 1.54) is 0 Å². The van der Waals surface area contributed by atoms with Gasteiger partial charge in [-0.1, -0.05) is 22.8 Å². The molecule has 1 aliphatic rings. The van der Waals surface area contributed by atoms with Gasteiger partial charge in [0.25, 0.3) is 5.89 Å². The molecule has 0 N–H and O–H groups in total. The van der Waals surface area contributed by atoms with Crippen molar-refractivity contribution in [3.05, 3.63) is 59.4 Å². The van der Waals surface area contributed by atoms with Gasteiger partial charge in [0.15, 0.2) is 5.82 Å². The third kappa shape index (κ3) is 3.15. The first-order chi connectivity index (χ1) is 12.6. The highest BCUT2D eigenvalue weighted by Gasteiger charge is 2.34. The maximum Gasteiger partial charge on any atom is 0.258 e. The molecule has 4 rings (SSSR count). The summed E-state index contributed by atoms with van der Waals surface area (Å²) in [5.74, 6) is 1.59. The number of carbonyl (C=O) groups excluding carboxylic acids is 1. The molecule has 1 saturated heterocycles. The lowest BCUT2D eigenvalue weighted by atomic mass is 10.1. The molecule has 1 amide bonds. The molecular weight excluding hydrogens is 354 g/mol. The Balaban J connectivity index is 1.54. The molecule has 1 atom stereocenters. The molecule has 2 heterocycles. The molecule has 7 heteroatoms. The Morgan fingerprint density at radius 1 is 1.23 bits per heavy atom. The quantitative estimate of drug-likeness (QED) is 0.697. The van der Waals surface area contributed by atoms with Crippen LogP contribution in [0.25, 0.3) is 11.5 Å². The Hall–Kier alpha value is -2.86. The molecule has 0 unspecified atom stereocenters. The molecule has 26 heavy (non-hydrogen) atoms. The normalized spacial score (nSPS) is 16.9. The second-order valence-corrected chi connectivity index (χ2v) is 6.51. The van der Waals surface area contributed by atoms with Crippen molar-refractivity contribution in [3.8, 4) is 17.2 Å². The lowest BCUT2D eigenvalue weighted by Gasteiger charge is -2.16. The van der Waals surface area contributed by atoms with Crippen molar-refractivity contribution in [3.63, 3.8) is 0 Å². The van der Waals surface area contributed by atoms with E-state index in [4.69, 9.17) is 20.9 Å². The summed E-state index contributed by atoms with van der Waals surface area (Å²) in [6.07, 6.45) is 0.347. The summed E-state index contributed by atoms with van der Waals surface area (Å²) in [6, 6.07) is 14.6. The van der Waals surface area contributed by atoms with Gasteiger partial charge in [0.05, 0.1) is 7.11 Å². The summed E-state index contributed by atoms with van der Waals surface area (Å²) < 4.78 is 10.6. The molecule has 0 radical (unpaired) electrons. The van der Waals surface area contributed by atoms with E-state index in [0.717, 1.165) is 11.3 Å². The molecule has 6 nitrogen and oxygen atoms in total. The fourth-order valence-corrected chi connectivity index (χ4v) is 3.15. The Morgan fingerprint density at radius 3 is 2.81 bits per heavy atom. The minimum absolute atomic E-state index is 0.0325. The Bertz CT molecular complexity index is 939. The number of nitrogens with zero attached hydrogens (tertiary/aromatic N) is 3. The number of aromatic nitrogens is 2. The highest BCUT2D eigenvalue weighted by molar-refractivity contribution is 6.30. The van der Waals surface area contributed by atoms with Gasteiger partial charge in [-0.25, -0.2) is 0 Å². The predicted octanol–water partition coefficient (Wildman–Crippen LogP) is 3.92. The van der Waals surface area contributed by atoms with Crippen molar-refractivity contribution in [1.82, 2.24) is 10.1 Å². The largest absolute Gasteiger partial charge is 0.497 e. The molecular formula is C19H16ClN3O3. The highest BCUT2D eigenvalue weighted by atomic mass is 35.5. The zero-order valence-electron chi connectivity index (χ0n) is 14.1. The number of carbonyl (C=O) groups is 1. The van der Waals surface area contributed by atoms with E-state index >= 15 is 0 Å². The fourth-order valence-electron chi connectivity index (χ4n) is 3.03. The Morgan fingerprint density at radius 2 is 2.04 bits per heavy atom. The number of rotatable bonds is 4. The smallest absolute Gasteiger partial charge is 0.258 e. The van der Waals surface area contributed by atoms with Gasteiger partial charge in [0.1, 0.15) is 5.75 Å². The van der Waals surface area contributed by atoms with Crippen molar-refractivity contribution in [1.29, 1.82) is 0 Å². The van der Waals surface area contributed by atoms with Crippen LogP contribution < -0.4 is 9.64 Å². The van der Waals surface area contributed by atoms with Crippen LogP contribution in [0.3, 0.4) is 0 Å². The van der Waals surface area contributed by atoms with Gasteiger partial charge in [-0.2, -0.15) is 4.98 Å².